The minimum Gasteiger partial charge on any atom is -0.480 e. The standard InChI is InChI=1S/C17H26N6O6S/c24-6-12(17(28)29)22-15(26)11(4-9-5-18-8-20-9)21-16(27)13(7-30)23-14(25)10-2-1-3-19-10/h5,8,10-13,19,24,30H,1-4,6-7H2,(H,18,20)(H,21,27)(H,22,26)(H,23,25)(H,28,29). The van der Waals surface area contributed by atoms with E-state index in [1.165, 1.54) is 12.5 Å². The molecule has 0 aliphatic carbocycles. The Balaban J connectivity index is 2.06. The lowest BCUT2D eigenvalue weighted by molar-refractivity contribution is -0.143. The lowest BCUT2D eigenvalue weighted by Crippen LogP contribution is -2.58. The van der Waals surface area contributed by atoms with Gasteiger partial charge in [0.15, 0.2) is 0 Å². The summed E-state index contributed by atoms with van der Waals surface area (Å²) < 4.78 is 0. The summed E-state index contributed by atoms with van der Waals surface area (Å²) in [4.78, 5) is 55.3. The Hall–Kier alpha value is -2.64. The number of carboxylic acids is 1. The topological polar surface area (TPSA) is 186 Å². The van der Waals surface area contributed by atoms with E-state index in [-0.39, 0.29) is 24.1 Å². The van der Waals surface area contributed by atoms with Crippen molar-refractivity contribution in [2.75, 3.05) is 18.9 Å². The van der Waals surface area contributed by atoms with Gasteiger partial charge in [0.2, 0.25) is 17.7 Å². The third-order valence-corrected chi connectivity index (χ3v) is 4.97. The summed E-state index contributed by atoms with van der Waals surface area (Å²) in [5.41, 5.74) is 0.521. The van der Waals surface area contributed by atoms with Gasteiger partial charge < -0.3 is 36.5 Å². The summed E-state index contributed by atoms with van der Waals surface area (Å²) in [6, 6.07) is -4.07. The number of nitrogens with one attached hydrogen (secondary N) is 5. The van der Waals surface area contributed by atoms with E-state index in [0.29, 0.717) is 12.1 Å². The van der Waals surface area contributed by atoms with Crippen molar-refractivity contribution in [2.24, 2.45) is 0 Å². The summed E-state index contributed by atoms with van der Waals surface area (Å²) in [5, 5.41) is 28.5. The number of carbonyl (C=O) groups is 4. The molecule has 4 unspecified atom stereocenters. The molecular weight excluding hydrogens is 416 g/mol. The Morgan fingerprint density at radius 2 is 1.87 bits per heavy atom. The third-order valence-electron chi connectivity index (χ3n) is 4.60. The van der Waals surface area contributed by atoms with E-state index in [9.17, 15) is 19.2 Å². The van der Waals surface area contributed by atoms with E-state index < -0.39 is 42.5 Å². The maximum absolute atomic E-state index is 12.7. The van der Waals surface area contributed by atoms with E-state index in [1.54, 1.807) is 0 Å². The second-order valence-corrected chi connectivity index (χ2v) is 7.18. The van der Waals surface area contributed by atoms with Crippen molar-refractivity contribution in [1.29, 1.82) is 0 Å². The summed E-state index contributed by atoms with van der Waals surface area (Å²) in [6.07, 6.45) is 4.36. The van der Waals surface area contributed by atoms with Crippen LogP contribution in [-0.4, -0.2) is 86.9 Å². The van der Waals surface area contributed by atoms with Crippen LogP contribution in [0.3, 0.4) is 0 Å². The monoisotopic (exact) mass is 442 g/mol. The number of aliphatic hydroxyl groups excluding tert-OH is 1. The predicted octanol–water partition coefficient (Wildman–Crippen LogP) is -2.83. The van der Waals surface area contributed by atoms with E-state index in [0.717, 1.165) is 13.0 Å². The molecule has 1 aromatic heterocycles. The summed E-state index contributed by atoms with van der Waals surface area (Å²) in [5.74, 6) is -3.20. The molecule has 0 aromatic carbocycles. The number of H-pyrrole nitrogens is 1. The first-order valence-electron chi connectivity index (χ1n) is 9.42. The van der Waals surface area contributed by atoms with Crippen molar-refractivity contribution < 1.29 is 29.4 Å². The van der Waals surface area contributed by atoms with E-state index in [2.05, 4.69) is 43.9 Å². The summed E-state index contributed by atoms with van der Waals surface area (Å²) in [6.45, 7) is -0.0899. The van der Waals surface area contributed by atoms with Gasteiger partial charge in [0.25, 0.3) is 0 Å². The van der Waals surface area contributed by atoms with Gasteiger partial charge in [0.1, 0.15) is 18.1 Å². The molecule has 13 heteroatoms. The number of aliphatic hydroxyl groups is 1. The Bertz CT molecular complexity index is 739. The molecule has 1 saturated heterocycles. The number of carbonyl (C=O) groups excluding carboxylic acids is 3. The lowest BCUT2D eigenvalue weighted by Gasteiger charge is -2.24. The first-order chi connectivity index (χ1) is 14.3. The number of thiol groups is 1. The van der Waals surface area contributed by atoms with Crippen LogP contribution < -0.4 is 21.3 Å². The SMILES string of the molecule is O=C(O)C(CO)NC(=O)C(Cc1cnc[nH]1)NC(=O)C(CS)NC(=O)C1CCCN1. The minimum absolute atomic E-state index is 0.00290. The van der Waals surface area contributed by atoms with Gasteiger partial charge >= 0.3 is 5.97 Å². The van der Waals surface area contributed by atoms with Crippen LogP contribution in [0.4, 0.5) is 0 Å². The van der Waals surface area contributed by atoms with Gasteiger partial charge in [0.05, 0.1) is 19.0 Å². The van der Waals surface area contributed by atoms with Gasteiger partial charge in [-0.1, -0.05) is 0 Å². The average Bonchev–Trinajstić information content (AvgIpc) is 3.43. The number of aliphatic carboxylic acids is 1. The molecule has 4 atom stereocenters. The number of aromatic amines is 1. The number of hydrogen-bond acceptors (Lipinski definition) is 8. The van der Waals surface area contributed by atoms with Crippen molar-refractivity contribution >= 4 is 36.3 Å². The van der Waals surface area contributed by atoms with Gasteiger partial charge in [-0.15, -0.1) is 0 Å². The van der Waals surface area contributed by atoms with Crippen LogP contribution in [0.2, 0.25) is 0 Å². The summed E-state index contributed by atoms with van der Waals surface area (Å²) in [7, 11) is 0. The maximum atomic E-state index is 12.7. The number of rotatable bonds is 11. The molecule has 1 aliphatic heterocycles. The Labute approximate surface area is 178 Å². The molecule has 166 valence electrons. The normalized spacial score (nSPS) is 18.8. The maximum Gasteiger partial charge on any atom is 0.328 e. The molecule has 2 heterocycles. The van der Waals surface area contributed by atoms with Gasteiger partial charge in [-0.3, -0.25) is 14.4 Å². The molecular formula is C17H26N6O6S. The molecule has 12 nitrogen and oxygen atoms in total. The van der Waals surface area contributed by atoms with Gasteiger partial charge in [0, 0.05) is 24.1 Å². The fourth-order valence-electron chi connectivity index (χ4n) is 2.93. The second kappa shape index (κ2) is 11.5. The highest BCUT2D eigenvalue weighted by Crippen LogP contribution is 2.06. The molecule has 7 N–H and O–H groups in total. The van der Waals surface area contributed by atoms with Crippen LogP contribution in [0.5, 0.6) is 0 Å². The highest BCUT2D eigenvalue weighted by Gasteiger charge is 2.31. The zero-order valence-corrected chi connectivity index (χ0v) is 17.0. The fraction of sp³-hybridized carbons (Fsp3) is 0.588. The van der Waals surface area contributed by atoms with Crippen molar-refractivity contribution in [2.45, 2.75) is 43.4 Å². The van der Waals surface area contributed by atoms with Crippen LogP contribution in [-0.2, 0) is 25.6 Å². The van der Waals surface area contributed by atoms with Crippen LogP contribution in [0.1, 0.15) is 18.5 Å². The van der Waals surface area contributed by atoms with E-state index in [4.69, 9.17) is 10.2 Å². The highest BCUT2D eigenvalue weighted by molar-refractivity contribution is 7.80. The number of imidazole rings is 1. The van der Waals surface area contributed by atoms with Crippen LogP contribution >= 0.6 is 12.6 Å². The molecule has 0 radical (unpaired) electrons. The zero-order chi connectivity index (χ0) is 22.1. The Morgan fingerprint density at radius 1 is 1.17 bits per heavy atom. The number of hydrogen-bond donors (Lipinski definition) is 8. The molecule has 0 saturated carbocycles. The summed E-state index contributed by atoms with van der Waals surface area (Å²) >= 11 is 4.11. The number of carboxylic acid groups (broad SMARTS) is 1. The number of nitrogens with zero attached hydrogens (tertiary/aromatic N) is 1. The first-order valence-corrected chi connectivity index (χ1v) is 10.0. The minimum atomic E-state index is -1.52. The van der Waals surface area contributed by atoms with Crippen molar-refractivity contribution in [3.63, 3.8) is 0 Å². The first kappa shape index (κ1) is 23.6. The van der Waals surface area contributed by atoms with Crippen molar-refractivity contribution in [3.8, 4) is 0 Å². The number of aromatic nitrogens is 2. The largest absolute Gasteiger partial charge is 0.480 e. The molecule has 0 spiro atoms. The van der Waals surface area contributed by atoms with Crippen molar-refractivity contribution in [3.05, 3.63) is 18.2 Å². The van der Waals surface area contributed by atoms with Gasteiger partial charge in [-0.25, -0.2) is 9.78 Å². The molecule has 3 amide bonds. The van der Waals surface area contributed by atoms with E-state index in [1.807, 2.05) is 0 Å². The molecule has 0 bridgehead atoms. The number of amides is 3. The quantitative estimate of drug-likeness (QED) is 0.168. The second-order valence-electron chi connectivity index (χ2n) is 6.82. The fourth-order valence-corrected chi connectivity index (χ4v) is 3.19. The predicted molar refractivity (Wildman–Crippen MR) is 108 cm³/mol. The van der Waals surface area contributed by atoms with Crippen LogP contribution in [0.25, 0.3) is 0 Å². The molecule has 2 rings (SSSR count). The van der Waals surface area contributed by atoms with Crippen molar-refractivity contribution in [1.82, 2.24) is 31.2 Å². The molecule has 1 fully saturated rings. The van der Waals surface area contributed by atoms with E-state index >= 15 is 0 Å². The lowest BCUT2D eigenvalue weighted by atomic mass is 10.1. The Morgan fingerprint density at radius 3 is 2.40 bits per heavy atom. The molecule has 30 heavy (non-hydrogen) atoms. The smallest absolute Gasteiger partial charge is 0.328 e. The van der Waals surface area contributed by atoms with Gasteiger partial charge in [-0.2, -0.15) is 12.6 Å². The van der Waals surface area contributed by atoms with Crippen LogP contribution in [0.15, 0.2) is 12.5 Å². The van der Waals surface area contributed by atoms with Crippen LogP contribution in [0, 0.1) is 0 Å². The zero-order valence-electron chi connectivity index (χ0n) is 16.1. The Kier molecular flexibility index (Phi) is 9.08. The third kappa shape index (κ3) is 6.71. The van der Waals surface area contributed by atoms with Gasteiger partial charge in [-0.05, 0) is 19.4 Å². The average molecular weight is 442 g/mol. The highest BCUT2D eigenvalue weighted by atomic mass is 32.1. The molecule has 1 aliphatic rings. The molecule has 1 aromatic rings.